The number of fused-ring (bicyclic) bond motifs is 1. The second kappa shape index (κ2) is 10.5. The fraction of sp³-hybridized carbons (Fsp3) is 0.0588. The van der Waals surface area contributed by atoms with Gasteiger partial charge in [-0.15, -0.1) is 11.3 Å². The lowest BCUT2D eigenvalue weighted by Crippen LogP contribution is -1.89. The van der Waals surface area contributed by atoms with Crippen molar-refractivity contribution in [1.82, 2.24) is 0 Å². The lowest BCUT2D eigenvalue weighted by Gasteiger charge is -2.12. The van der Waals surface area contributed by atoms with Crippen molar-refractivity contribution in [1.29, 1.82) is 0 Å². The lowest BCUT2D eigenvalue weighted by molar-refractivity contribution is 0.415. The maximum Gasteiger partial charge on any atom is 0.137 e. The van der Waals surface area contributed by atoms with E-state index in [1.165, 1.54) is 31.7 Å². The molecule has 0 aliphatic carbocycles. The van der Waals surface area contributed by atoms with Crippen LogP contribution in [0.5, 0.6) is 11.5 Å². The Morgan fingerprint density at radius 2 is 1.37 bits per heavy atom. The van der Waals surface area contributed by atoms with Crippen LogP contribution in [-0.2, 0) is 6.42 Å². The van der Waals surface area contributed by atoms with Crippen molar-refractivity contribution >= 4 is 37.4 Å². The summed E-state index contributed by atoms with van der Waals surface area (Å²) in [5, 5.41) is 12.1. The minimum atomic E-state index is 0.228. The van der Waals surface area contributed by atoms with Crippen LogP contribution in [0, 0.1) is 0 Å². The van der Waals surface area contributed by atoms with Crippen LogP contribution in [0.3, 0.4) is 0 Å². The summed E-state index contributed by atoms with van der Waals surface area (Å²) in [6, 6.07) is 39.8. The predicted octanol–water partition coefficient (Wildman–Crippen LogP) is 9.97. The van der Waals surface area contributed by atoms with Crippen LogP contribution in [0.1, 0.15) is 10.4 Å². The van der Waals surface area contributed by atoms with Gasteiger partial charge in [0.05, 0.1) is 11.6 Å². The van der Waals surface area contributed by atoms with Crippen molar-refractivity contribution in [2.45, 2.75) is 6.42 Å². The number of aromatic hydroxyl groups is 1. The van der Waals surface area contributed by atoms with Gasteiger partial charge in [0, 0.05) is 32.5 Å². The van der Waals surface area contributed by atoms with Crippen molar-refractivity contribution in [3.63, 3.8) is 0 Å². The maximum atomic E-state index is 10.8. The van der Waals surface area contributed by atoms with Crippen molar-refractivity contribution in [2.24, 2.45) is 0 Å². The molecule has 5 aromatic carbocycles. The zero-order chi connectivity index (χ0) is 26.1. The van der Waals surface area contributed by atoms with Crippen molar-refractivity contribution in [3.05, 3.63) is 130 Å². The third-order valence-corrected chi connectivity index (χ3v) is 8.62. The Labute approximate surface area is 234 Å². The first kappa shape index (κ1) is 24.5. The Hall–Kier alpha value is -3.86. The van der Waals surface area contributed by atoms with E-state index in [1.807, 2.05) is 47.7 Å². The quantitative estimate of drug-likeness (QED) is 0.214. The van der Waals surface area contributed by atoms with Gasteiger partial charge in [-0.1, -0.05) is 84.9 Å². The molecule has 0 unspecified atom stereocenters. The number of benzene rings is 5. The number of phenols is 1. The summed E-state index contributed by atoms with van der Waals surface area (Å²) in [6.45, 7) is 0. The number of rotatable bonds is 6. The molecule has 0 amide bonds. The number of thiophene rings is 1. The Bertz CT molecular complexity index is 1720. The molecule has 0 aliphatic rings. The largest absolute Gasteiger partial charge is 0.506 e. The minimum Gasteiger partial charge on any atom is -0.506 e. The molecule has 0 saturated heterocycles. The van der Waals surface area contributed by atoms with Gasteiger partial charge in [0.2, 0.25) is 0 Å². The van der Waals surface area contributed by atoms with E-state index >= 15 is 0 Å². The molecule has 0 fully saturated rings. The van der Waals surface area contributed by atoms with Gasteiger partial charge in [-0.2, -0.15) is 0 Å². The van der Waals surface area contributed by atoms with E-state index in [0.29, 0.717) is 4.47 Å². The van der Waals surface area contributed by atoms with E-state index < -0.39 is 0 Å². The molecular weight excluding hydrogens is 552 g/mol. The summed E-state index contributed by atoms with van der Waals surface area (Å²) in [5.74, 6) is 1.01. The molecule has 38 heavy (non-hydrogen) atoms. The maximum absolute atomic E-state index is 10.8. The van der Waals surface area contributed by atoms with E-state index in [1.54, 1.807) is 7.11 Å². The molecule has 2 nitrogen and oxygen atoms in total. The summed E-state index contributed by atoms with van der Waals surface area (Å²) >= 11 is 5.44. The first-order valence-corrected chi connectivity index (χ1v) is 14.0. The van der Waals surface area contributed by atoms with Gasteiger partial charge in [-0.05, 0) is 74.1 Å². The molecule has 0 aliphatic heterocycles. The molecule has 1 N–H and O–H groups in total. The molecule has 6 rings (SSSR count). The van der Waals surface area contributed by atoms with E-state index in [2.05, 4.69) is 94.8 Å². The highest BCUT2D eigenvalue weighted by Gasteiger charge is 2.16. The van der Waals surface area contributed by atoms with Gasteiger partial charge >= 0.3 is 0 Å². The molecular formula is C34H25BrO2S. The Morgan fingerprint density at radius 3 is 2.11 bits per heavy atom. The van der Waals surface area contributed by atoms with Crippen LogP contribution >= 0.6 is 27.3 Å². The standard InChI is InChI=1S/C34H25BrO2S/c1-37-27-17-15-24(16-18-27)29-20-26(21-30(35)34(29)36)23-11-13-25(14-12-23)33-28-9-5-6-10-31(28)38-32(33)19-22-7-3-2-4-8-22/h2-18,20-21,36H,19H2,1H3. The summed E-state index contributed by atoms with van der Waals surface area (Å²) in [5.41, 5.74) is 7.67. The Morgan fingerprint density at radius 1 is 0.711 bits per heavy atom. The second-order valence-electron chi connectivity index (χ2n) is 9.22. The zero-order valence-corrected chi connectivity index (χ0v) is 23.2. The van der Waals surface area contributed by atoms with E-state index in [-0.39, 0.29) is 5.75 Å². The third kappa shape index (κ3) is 4.73. The fourth-order valence-corrected chi connectivity index (χ4v) is 6.63. The number of halogens is 1. The molecule has 4 heteroatoms. The van der Waals surface area contributed by atoms with Gasteiger partial charge < -0.3 is 9.84 Å². The number of hydrogen-bond acceptors (Lipinski definition) is 3. The van der Waals surface area contributed by atoms with E-state index in [4.69, 9.17) is 4.74 Å². The number of ether oxygens (including phenoxy) is 1. The Balaban J connectivity index is 1.39. The summed E-state index contributed by atoms with van der Waals surface area (Å²) in [7, 11) is 1.65. The highest BCUT2D eigenvalue weighted by atomic mass is 79.9. The topological polar surface area (TPSA) is 29.5 Å². The van der Waals surface area contributed by atoms with Gasteiger partial charge in [-0.3, -0.25) is 0 Å². The van der Waals surface area contributed by atoms with E-state index in [0.717, 1.165) is 34.4 Å². The van der Waals surface area contributed by atoms with Crippen molar-refractivity contribution in [2.75, 3.05) is 7.11 Å². The molecule has 0 bridgehead atoms. The van der Waals surface area contributed by atoms with Crippen molar-refractivity contribution in [3.8, 4) is 44.9 Å². The minimum absolute atomic E-state index is 0.228. The monoisotopic (exact) mass is 576 g/mol. The van der Waals surface area contributed by atoms with Crippen LogP contribution in [0.25, 0.3) is 43.5 Å². The fourth-order valence-electron chi connectivity index (χ4n) is 4.90. The van der Waals surface area contributed by atoms with Crippen LogP contribution in [0.15, 0.2) is 120 Å². The number of phenolic OH excluding ortho intramolecular Hbond substituents is 1. The summed E-state index contributed by atoms with van der Waals surface area (Å²) < 4.78 is 7.27. The smallest absolute Gasteiger partial charge is 0.137 e. The first-order valence-electron chi connectivity index (χ1n) is 12.4. The van der Waals surface area contributed by atoms with Gasteiger partial charge in [-0.25, -0.2) is 0 Å². The van der Waals surface area contributed by atoms with Crippen molar-refractivity contribution < 1.29 is 9.84 Å². The zero-order valence-electron chi connectivity index (χ0n) is 20.8. The average Bonchev–Trinajstić information content (AvgIpc) is 3.33. The SMILES string of the molecule is COc1ccc(-c2cc(-c3ccc(-c4c(Cc5ccccc5)sc5ccccc45)cc3)cc(Br)c2O)cc1. The molecule has 1 aromatic heterocycles. The molecule has 0 saturated carbocycles. The van der Waals surface area contributed by atoms with E-state index in [9.17, 15) is 5.11 Å². The van der Waals surface area contributed by atoms with Gasteiger partial charge in [0.1, 0.15) is 11.5 Å². The third-order valence-electron chi connectivity index (χ3n) is 6.85. The number of hydrogen-bond donors (Lipinski definition) is 1. The first-order chi connectivity index (χ1) is 18.6. The van der Waals surface area contributed by atoms with Gasteiger partial charge in [0.15, 0.2) is 0 Å². The van der Waals surface area contributed by atoms with Crippen LogP contribution in [-0.4, -0.2) is 12.2 Å². The summed E-state index contributed by atoms with van der Waals surface area (Å²) in [6.07, 6.45) is 0.910. The highest BCUT2D eigenvalue weighted by molar-refractivity contribution is 9.10. The molecule has 1 heterocycles. The molecule has 0 spiro atoms. The molecule has 0 radical (unpaired) electrons. The predicted molar refractivity (Wildman–Crippen MR) is 163 cm³/mol. The average molecular weight is 578 g/mol. The highest BCUT2D eigenvalue weighted by Crippen LogP contribution is 2.42. The van der Waals surface area contributed by atoms with Crippen LogP contribution in [0.2, 0.25) is 0 Å². The van der Waals surface area contributed by atoms with Crippen LogP contribution < -0.4 is 4.74 Å². The molecule has 186 valence electrons. The lowest BCUT2D eigenvalue weighted by atomic mass is 9.95. The Kier molecular flexibility index (Phi) is 6.75. The molecule has 0 atom stereocenters. The normalized spacial score (nSPS) is 11.1. The van der Waals surface area contributed by atoms with Crippen LogP contribution in [0.4, 0.5) is 0 Å². The molecule has 6 aromatic rings. The summed E-state index contributed by atoms with van der Waals surface area (Å²) in [4.78, 5) is 1.37. The number of methoxy groups -OCH3 is 1. The van der Waals surface area contributed by atoms with Gasteiger partial charge in [0.25, 0.3) is 0 Å². The second-order valence-corrected chi connectivity index (χ2v) is 11.2.